The molecule has 0 aromatic heterocycles. The molecule has 0 saturated carbocycles. The van der Waals surface area contributed by atoms with Crippen LogP contribution in [-0.2, 0) is 4.79 Å². The minimum atomic E-state index is -0.0688. The zero-order chi connectivity index (χ0) is 21.3. The lowest BCUT2D eigenvalue weighted by Crippen LogP contribution is -2.62. The lowest BCUT2D eigenvalue weighted by atomic mass is 10.0. The zero-order valence-electron chi connectivity index (χ0n) is 17.8. The fraction of sp³-hybridized carbons (Fsp3) is 0.636. The van der Waals surface area contributed by atoms with Crippen LogP contribution in [0, 0.1) is 11.3 Å². The van der Waals surface area contributed by atoms with Crippen LogP contribution in [-0.4, -0.2) is 80.3 Å². The number of carbonyl (C=O) groups excluding carboxylic acids is 1. The van der Waals surface area contributed by atoms with Crippen molar-refractivity contribution < 1.29 is 4.79 Å². The van der Waals surface area contributed by atoms with Crippen molar-refractivity contribution in [2.45, 2.75) is 43.9 Å². The number of rotatable bonds is 4. The first-order chi connectivity index (χ1) is 14.5. The largest absolute Gasteiger partial charge is 0.364 e. The lowest BCUT2D eigenvalue weighted by Gasteiger charge is -2.47. The van der Waals surface area contributed by atoms with Gasteiger partial charge < -0.3 is 16.4 Å². The number of hydrogen-bond acceptors (Lipinski definition) is 7. The van der Waals surface area contributed by atoms with Gasteiger partial charge in [-0.3, -0.25) is 19.5 Å². The third kappa shape index (κ3) is 4.30. The molecule has 1 atom stereocenters. The maximum atomic E-state index is 13.3. The summed E-state index contributed by atoms with van der Waals surface area (Å²) in [6.07, 6.45) is 3.79. The molecule has 1 aromatic rings. The number of amides is 1. The third-order valence-electron chi connectivity index (χ3n) is 6.76. The van der Waals surface area contributed by atoms with E-state index in [0.717, 1.165) is 69.8 Å². The van der Waals surface area contributed by atoms with Gasteiger partial charge in [-0.1, -0.05) is 0 Å². The summed E-state index contributed by atoms with van der Waals surface area (Å²) in [5, 5.41) is 9.45. The number of fused-ring (bicyclic) bond motifs is 1. The maximum absolute atomic E-state index is 13.3. The highest BCUT2D eigenvalue weighted by atomic mass is 16.2. The quantitative estimate of drug-likeness (QED) is 0.744. The van der Waals surface area contributed by atoms with E-state index < -0.39 is 0 Å². The topological polar surface area (TPSA) is 106 Å². The molecule has 2 fully saturated rings. The lowest BCUT2D eigenvalue weighted by molar-refractivity contribution is -0.119. The molecule has 1 amide bonds. The Bertz CT molecular complexity index is 806. The molecule has 0 bridgehead atoms. The Morgan fingerprint density at radius 1 is 1.07 bits per heavy atom. The van der Waals surface area contributed by atoms with Crippen LogP contribution in [0.1, 0.15) is 31.2 Å². The molecule has 4 N–H and O–H groups in total. The molecule has 2 saturated heterocycles. The van der Waals surface area contributed by atoms with E-state index in [1.165, 1.54) is 0 Å². The Balaban J connectivity index is 1.67. The Labute approximate surface area is 179 Å². The van der Waals surface area contributed by atoms with Crippen LogP contribution in [0.2, 0.25) is 0 Å². The van der Waals surface area contributed by atoms with Crippen molar-refractivity contribution in [1.29, 1.82) is 5.26 Å². The van der Waals surface area contributed by atoms with Crippen LogP contribution in [0.25, 0.3) is 0 Å². The summed E-state index contributed by atoms with van der Waals surface area (Å²) in [7, 11) is 1.93. The third-order valence-corrected chi connectivity index (χ3v) is 6.76. The number of nitrogens with zero attached hydrogens (tertiary/aromatic N) is 5. The van der Waals surface area contributed by atoms with Crippen molar-refractivity contribution in [3.63, 3.8) is 0 Å². The summed E-state index contributed by atoms with van der Waals surface area (Å²) in [5.74, 6) is 0.0775. The SMILES string of the molecule is CN1CC(=O)N(C(CN2CCC(N)CC2)N2CCC(N)CC2)c2cc(C#N)ccc21. The summed E-state index contributed by atoms with van der Waals surface area (Å²) >= 11 is 0. The van der Waals surface area contributed by atoms with E-state index in [-0.39, 0.29) is 24.2 Å². The molecule has 3 heterocycles. The molecule has 0 aliphatic carbocycles. The van der Waals surface area contributed by atoms with E-state index in [1.54, 1.807) is 0 Å². The van der Waals surface area contributed by atoms with E-state index in [9.17, 15) is 10.1 Å². The van der Waals surface area contributed by atoms with Crippen molar-refractivity contribution in [3.05, 3.63) is 23.8 Å². The molecule has 1 aromatic carbocycles. The monoisotopic (exact) mass is 411 g/mol. The molecule has 0 radical (unpaired) electrons. The van der Waals surface area contributed by atoms with Crippen molar-refractivity contribution >= 4 is 17.3 Å². The summed E-state index contributed by atoms with van der Waals surface area (Å²) in [4.78, 5) is 22.1. The van der Waals surface area contributed by atoms with Gasteiger partial charge in [0.05, 0.1) is 29.6 Å². The fourth-order valence-corrected chi connectivity index (χ4v) is 4.88. The Hall–Kier alpha value is -2.18. The number of anilines is 2. The van der Waals surface area contributed by atoms with Gasteiger partial charge in [-0.25, -0.2) is 0 Å². The summed E-state index contributed by atoms with van der Waals surface area (Å²) in [6.45, 7) is 4.80. The van der Waals surface area contributed by atoms with Crippen molar-refractivity contribution in [2.75, 3.05) is 56.1 Å². The molecular weight excluding hydrogens is 378 g/mol. The molecule has 162 valence electrons. The predicted molar refractivity (Wildman–Crippen MR) is 118 cm³/mol. The molecule has 30 heavy (non-hydrogen) atoms. The molecule has 3 aliphatic rings. The van der Waals surface area contributed by atoms with Gasteiger partial charge in [0, 0.05) is 38.8 Å². The van der Waals surface area contributed by atoms with Gasteiger partial charge in [0.1, 0.15) is 6.17 Å². The minimum Gasteiger partial charge on any atom is -0.364 e. The fourth-order valence-electron chi connectivity index (χ4n) is 4.88. The Kier molecular flexibility index (Phi) is 6.25. The number of carbonyl (C=O) groups is 1. The molecule has 0 spiro atoms. The van der Waals surface area contributed by atoms with E-state index in [0.29, 0.717) is 12.1 Å². The van der Waals surface area contributed by atoms with E-state index >= 15 is 0 Å². The average molecular weight is 412 g/mol. The van der Waals surface area contributed by atoms with Gasteiger partial charge in [-0.05, 0) is 57.0 Å². The highest BCUT2D eigenvalue weighted by Crippen LogP contribution is 2.36. The molecule has 8 nitrogen and oxygen atoms in total. The van der Waals surface area contributed by atoms with Crippen LogP contribution in [0.5, 0.6) is 0 Å². The van der Waals surface area contributed by atoms with Gasteiger partial charge in [0.2, 0.25) is 5.91 Å². The number of piperidine rings is 2. The minimum absolute atomic E-state index is 0.0688. The maximum Gasteiger partial charge on any atom is 0.247 e. The molecule has 4 rings (SSSR count). The van der Waals surface area contributed by atoms with Crippen molar-refractivity contribution in [2.24, 2.45) is 11.5 Å². The van der Waals surface area contributed by atoms with E-state index in [2.05, 4.69) is 15.9 Å². The van der Waals surface area contributed by atoms with Gasteiger partial charge in [0.25, 0.3) is 0 Å². The molecule has 8 heteroatoms. The Morgan fingerprint density at radius 3 is 2.33 bits per heavy atom. The first-order valence-corrected chi connectivity index (χ1v) is 11.0. The number of hydrogen-bond donors (Lipinski definition) is 2. The first kappa shape index (κ1) is 21.1. The van der Waals surface area contributed by atoms with E-state index in [1.807, 2.05) is 35.0 Å². The van der Waals surface area contributed by atoms with Crippen molar-refractivity contribution in [1.82, 2.24) is 9.80 Å². The van der Waals surface area contributed by atoms with Gasteiger partial charge in [-0.15, -0.1) is 0 Å². The second-order valence-corrected chi connectivity index (χ2v) is 8.93. The summed E-state index contributed by atoms with van der Waals surface area (Å²) < 4.78 is 0. The van der Waals surface area contributed by atoms with Crippen LogP contribution in [0.15, 0.2) is 18.2 Å². The number of benzene rings is 1. The smallest absolute Gasteiger partial charge is 0.247 e. The van der Waals surface area contributed by atoms with E-state index in [4.69, 9.17) is 11.5 Å². The second kappa shape index (κ2) is 8.90. The normalized spacial score (nSPS) is 23.3. The first-order valence-electron chi connectivity index (χ1n) is 11.0. The van der Waals surface area contributed by atoms with Crippen molar-refractivity contribution in [3.8, 4) is 6.07 Å². The number of likely N-dealkylation sites (tertiary alicyclic amines) is 2. The highest BCUT2D eigenvalue weighted by molar-refractivity contribution is 6.03. The summed E-state index contributed by atoms with van der Waals surface area (Å²) in [6, 6.07) is 8.37. The van der Waals surface area contributed by atoms with Gasteiger partial charge in [0.15, 0.2) is 0 Å². The Morgan fingerprint density at radius 2 is 1.70 bits per heavy atom. The van der Waals surface area contributed by atoms with Crippen LogP contribution in [0.4, 0.5) is 11.4 Å². The van der Waals surface area contributed by atoms with Gasteiger partial charge >= 0.3 is 0 Å². The average Bonchev–Trinajstić information content (AvgIpc) is 2.74. The standard InChI is InChI=1S/C22H33N7O/c1-26-15-22(30)29(20-12-16(13-23)2-3-19(20)26)21(28-10-6-18(25)7-11-28)14-27-8-4-17(24)5-9-27/h2-3,12,17-18,21H,4-11,14-15,24-25H2,1H3. The molecule has 3 aliphatic heterocycles. The zero-order valence-corrected chi connectivity index (χ0v) is 17.8. The second-order valence-electron chi connectivity index (χ2n) is 8.93. The number of likely N-dealkylation sites (N-methyl/N-ethyl adjacent to an activating group) is 1. The highest BCUT2D eigenvalue weighted by Gasteiger charge is 2.38. The summed E-state index contributed by atoms with van der Waals surface area (Å²) in [5.41, 5.74) is 14.7. The number of nitrogens with two attached hydrogens (primary N) is 2. The molecule has 1 unspecified atom stereocenters. The predicted octanol–water partition coefficient (Wildman–Crippen LogP) is 0.513. The van der Waals surface area contributed by atoms with Crippen LogP contribution >= 0.6 is 0 Å². The van der Waals surface area contributed by atoms with Gasteiger partial charge in [-0.2, -0.15) is 5.26 Å². The van der Waals surface area contributed by atoms with Crippen LogP contribution in [0.3, 0.4) is 0 Å². The number of nitriles is 1. The molecular formula is C22H33N7O. The van der Waals surface area contributed by atoms with Crippen LogP contribution < -0.4 is 21.3 Å².